The second-order valence-electron chi connectivity index (χ2n) is 4.14. The summed E-state index contributed by atoms with van der Waals surface area (Å²) in [6.45, 7) is 0.324. The normalized spacial score (nSPS) is 19.2. The number of rotatable bonds is 3. The van der Waals surface area contributed by atoms with Gasteiger partial charge in [0.25, 0.3) is 0 Å². The van der Waals surface area contributed by atoms with Crippen molar-refractivity contribution in [1.29, 1.82) is 0 Å². The minimum Gasteiger partial charge on any atom is -0.468 e. The van der Waals surface area contributed by atoms with Crippen LogP contribution < -0.4 is 5.73 Å². The highest BCUT2D eigenvalue weighted by molar-refractivity contribution is 5.79. The summed E-state index contributed by atoms with van der Waals surface area (Å²) in [4.78, 5) is 11.7. The highest BCUT2D eigenvalue weighted by atomic mass is 19.1. The fraction of sp³-hybridized carbons (Fsp3) is 0.417. The maximum atomic E-state index is 13.6. The topological polar surface area (TPSA) is 61.5 Å². The van der Waals surface area contributed by atoms with E-state index in [4.69, 9.17) is 15.2 Å². The lowest BCUT2D eigenvalue weighted by atomic mass is 9.75. The summed E-state index contributed by atoms with van der Waals surface area (Å²) < 4.78 is 23.4. The van der Waals surface area contributed by atoms with E-state index in [1.165, 1.54) is 13.2 Å². The molecule has 1 aromatic rings. The van der Waals surface area contributed by atoms with Crippen molar-refractivity contribution in [2.75, 3.05) is 20.3 Å². The first-order valence-corrected chi connectivity index (χ1v) is 5.28. The Morgan fingerprint density at radius 2 is 2.18 bits per heavy atom. The van der Waals surface area contributed by atoms with Crippen LogP contribution in [0.2, 0.25) is 0 Å². The average molecular weight is 239 g/mol. The minimum atomic E-state index is -0.961. The standard InChI is InChI=1S/C12H14FNO3/c1-16-11(15)12(6-17-7-12)10(14)8-4-2-3-5-9(8)13/h2-5,10H,6-7,14H2,1H3. The van der Waals surface area contributed by atoms with Gasteiger partial charge < -0.3 is 15.2 Å². The first-order valence-electron chi connectivity index (χ1n) is 5.28. The van der Waals surface area contributed by atoms with Gasteiger partial charge in [0.2, 0.25) is 0 Å². The lowest BCUT2D eigenvalue weighted by Gasteiger charge is -2.42. The predicted molar refractivity (Wildman–Crippen MR) is 58.6 cm³/mol. The van der Waals surface area contributed by atoms with E-state index in [9.17, 15) is 9.18 Å². The van der Waals surface area contributed by atoms with Crippen LogP contribution in [-0.4, -0.2) is 26.3 Å². The molecule has 0 bridgehead atoms. The highest BCUT2D eigenvalue weighted by Gasteiger charge is 2.53. The number of hydrogen-bond donors (Lipinski definition) is 1. The summed E-state index contributed by atoms with van der Waals surface area (Å²) in [6.07, 6.45) is 0. The lowest BCUT2D eigenvalue weighted by Crippen LogP contribution is -2.56. The van der Waals surface area contributed by atoms with Gasteiger partial charge in [-0.15, -0.1) is 0 Å². The number of ether oxygens (including phenoxy) is 2. The van der Waals surface area contributed by atoms with E-state index in [0.717, 1.165) is 0 Å². The van der Waals surface area contributed by atoms with Gasteiger partial charge in [-0.3, -0.25) is 4.79 Å². The summed E-state index contributed by atoms with van der Waals surface area (Å²) in [7, 11) is 1.29. The van der Waals surface area contributed by atoms with Crippen molar-refractivity contribution < 1.29 is 18.7 Å². The zero-order valence-electron chi connectivity index (χ0n) is 9.48. The maximum absolute atomic E-state index is 13.6. The van der Waals surface area contributed by atoms with Crippen molar-refractivity contribution in [2.45, 2.75) is 6.04 Å². The van der Waals surface area contributed by atoms with Gasteiger partial charge in [-0.1, -0.05) is 18.2 Å². The summed E-state index contributed by atoms with van der Waals surface area (Å²) >= 11 is 0. The van der Waals surface area contributed by atoms with Crippen molar-refractivity contribution in [3.8, 4) is 0 Å². The smallest absolute Gasteiger partial charge is 0.318 e. The first kappa shape index (κ1) is 12.0. The van der Waals surface area contributed by atoms with E-state index < -0.39 is 23.2 Å². The Kier molecular flexibility index (Phi) is 3.13. The van der Waals surface area contributed by atoms with Crippen molar-refractivity contribution in [2.24, 2.45) is 11.1 Å². The van der Waals surface area contributed by atoms with Crippen molar-refractivity contribution in [1.82, 2.24) is 0 Å². The third-order valence-electron chi connectivity index (χ3n) is 3.15. The Morgan fingerprint density at radius 1 is 1.53 bits per heavy atom. The molecule has 0 saturated carbocycles. The Hall–Kier alpha value is -1.46. The molecule has 1 fully saturated rings. The van der Waals surface area contributed by atoms with Crippen LogP contribution >= 0.6 is 0 Å². The second kappa shape index (κ2) is 4.43. The fourth-order valence-electron chi connectivity index (χ4n) is 1.97. The molecule has 2 N–H and O–H groups in total. The van der Waals surface area contributed by atoms with E-state index in [1.807, 2.05) is 0 Å². The molecule has 0 aliphatic carbocycles. The largest absolute Gasteiger partial charge is 0.468 e. The molecule has 4 nitrogen and oxygen atoms in total. The van der Waals surface area contributed by atoms with Crippen LogP contribution in [0.5, 0.6) is 0 Å². The number of benzene rings is 1. The molecule has 1 unspecified atom stereocenters. The molecule has 92 valence electrons. The molecule has 5 heteroatoms. The van der Waals surface area contributed by atoms with Crippen LogP contribution in [0.3, 0.4) is 0 Å². The molecule has 1 aromatic carbocycles. The SMILES string of the molecule is COC(=O)C1(C(N)c2ccccc2F)COC1. The Morgan fingerprint density at radius 3 is 2.65 bits per heavy atom. The van der Waals surface area contributed by atoms with E-state index in [2.05, 4.69) is 0 Å². The number of halogens is 1. The van der Waals surface area contributed by atoms with Crippen LogP contribution in [0.15, 0.2) is 24.3 Å². The third kappa shape index (κ3) is 1.81. The number of esters is 1. The Balaban J connectivity index is 2.33. The number of carbonyl (C=O) groups is 1. The zero-order valence-corrected chi connectivity index (χ0v) is 9.48. The molecule has 1 aliphatic rings. The van der Waals surface area contributed by atoms with Gasteiger partial charge in [0, 0.05) is 5.56 Å². The van der Waals surface area contributed by atoms with Crippen LogP contribution in [-0.2, 0) is 14.3 Å². The van der Waals surface area contributed by atoms with E-state index >= 15 is 0 Å². The molecular weight excluding hydrogens is 225 g/mol. The molecular formula is C12H14FNO3. The van der Waals surface area contributed by atoms with Crippen molar-refractivity contribution >= 4 is 5.97 Å². The monoisotopic (exact) mass is 239 g/mol. The summed E-state index contributed by atoms with van der Waals surface area (Å²) in [5, 5.41) is 0. The van der Waals surface area contributed by atoms with Gasteiger partial charge in [0.1, 0.15) is 11.2 Å². The summed E-state index contributed by atoms with van der Waals surface area (Å²) in [5.74, 6) is -0.880. The zero-order chi connectivity index (χ0) is 12.5. The van der Waals surface area contributed by atoms with Gasteiger partial charge >= 0.3 is 5.97 Å². The molecule has 1 atom stereocenters. The maximum Gasteiger partial charge on any atom is 0.318 e. The quantitative estimate of drug-likeness (QED) is 0.800. The minimum absolute atomic E-state index is 0.162. The lowest BCUT2D eigenvalue weighted by molar-refractivity contribution is -0.188. The number of nitrogens with two attached hydrogens (primary N) is 1. The van der Waals surface area contributed by atoms with Gasteiger partial charge in [-0.25, -0.2) is 4.39 Å². The molecule has 1 heterocycles. The van der Waals surface area contributed by atoms with E-state index in [0.29, 0.717) is 5.56 Å². The fourth-order valence-corrected chi connectivity index (χ4v) is 1.97. The Bertz CT molecular complexity index is 432. The number of hydrogen-bond acceptors (Lipinski definition) is 4. The summed E-state index contributed by atoms with van der Waals surface area (Å²) in [5.41, 5.74) is 5.34. The van der Waals surface area contributed by atoms with Gasteiger partial charge in [0.05, 0.1) is 26.4 Å². The highest BCUT2D eigenvalue weighted by Crippen LogP contribution is 2.40. The summed E-state index contributed by atoms with van der Waals surface area (Å²) in [6, 6.07) is 5.39. The van der Waals surface area contributed by atoms with Crippen LogP contribution in [0.4, 0.5) is 4.39 Å². The molecule has 17 heavy (non-hydrogen) atoms. The van der Waals surface area contributed by atoms with Crippen LogP contribution in [0.25, 0.3) is 0 Å². The molecule has 0 aromatic heterocycles. The average Bonchev–Trinajstić information content (AvgIpc) is 2.27. The van der Waals surface area contributed by atoms with Gasteiger partial charge in [0.15, 0.2) is 0 Å². The van der Waals surface area contributed by atoms with Crippen molar-refractivity contribution in [3.63, 3.8) is 0 Å². The first-order chi connectivity index (χ1) is 8.12. The second-order valence-corrected chi connectivity index (χ2v) is 4.14. The van der Waals surface area contributed by atoms with Gasteiger partial charge in [-0.05, 0) is 6.07 Å². The molecule has 1 aliphatic heterocycles. The van der Waals surface area contributed by atoms with Crippen LogP contribution in [0.1, 0.15) is 11.6 Å². The van der Waals surface area contributed by atoms with Gasteiger partial charge in [-0.2, -0.15) is 0 Å². The third-order valence-corrected chi connectivity index (χ3v) is 3.15. The number of methoxy groups -OCH3 is 1. The molecule has 0 radical (unpaired) electrons. The molecule has 0 spiro atoms. The van der Waals surface area contributed by atoms with Crippen LogP contribution in [0, 0.1) is 11.2 Å². The molecule has 1 saturated heterocycles. The predicted octanol–water partition coefficient (Wildman–Crippen LogP) is 1.02. The molecule has 2 rings (SSSR count). The van der Waals surface area contributed by atoms with E-state index in [-0.39, 0.29) is 13.2 Å². The van der Waals surface area contributed by atoms with E-state index in [1.54, 1.807) is 18.2 Å². The van der Waals surface area contributed by atoms with Crippen molar-refractivity contribution in [3.05, 3.63) is 35.6 Å². The number of carbonyl (C=O) groups excluding carboxylic acids is 1. The molecule has 0 amide bonds. The Labute approximate surface area is 98.5 Å².